The highest BCUT2D eigenvalue weighted by Gasteiger charge is 2.42. The summed E-state index contributed by atoms with van der Waals surface area (Å²) in [5.74, 6) is -0.420. The molecule has 1 rings (SSSR count). The molecule has 1 N–H and O–H groups in total. The predicted octanol–water partition coefficient (Wildman–Crippen LogP) is -0.703. The first-order chi connectivity index (χ1) is 7.10. The highest BCUT2D eigenvalue weighted by molar-refractivity contribution is 5.66. The highest BCUT2D eigenvalue weighted by atomic mass is 16.7. The van der Waals surface area contributed by atoms with Crippen LogP contribution in [0.3, 0.4) is 0 Å². The van der Waals surface area contributed by atoms with Gasteiger partial charge in [-0.1, -0.05) is 0 Å². The molecule has 0 aliphatic carbocycles. The lowest BCUT2D eigenvalue weighted by atomic mass is 10.0. The van der Waals surface area contributed by atoms with Gasteiger partial charge in [0.05, 0.1) is 6.61 Å². The molecule has 1 saturated heterocycles. The molecule has 6 heteroatoms. The van der Waals surface area contributed by atoms with Crippen LogP contribution in [0.5, 0.6) is 0 Å². The molecule has 6 nitrogen and oxygen atoms in total. The molecule has 1 aliphatic rings. The van der Waals surface area contributed by atoms with E-state index in [0.29, 0.717) is 0 Å². The van der Waals surface area contributed by atoms with Crippen molar-refractivity contribution in [1.29, 1.82) is 0 Å². The monoisotopic (exact) mass is 220 g/mol. The maximum absolute atomic E-state index is 10.8. The summed E-state index contributed by atoms with van der Waals surface area (Å²) >= 11 is 0. The van der Waals surface area contributed by atoms with Gasteiger partial charge in [-0.3, -0.25) is 4.79 Å². The summed E-state index contributed by atoms with van der Waals surface area (Å²) in [6, 6.07) is 0. The summed E-state index contributed by atoms with van der Waals surface area (Å²) in [6.07, 6.45) is -2.80. The van der Waals surface area contributed by atoms with Crippen molar-refractivity contribution >= 4 is 5.97 Å². The fourth-order valence-corrected chi connectivity index (χ4v) is 1.61. The Bertz CT molecular complexity index is 219. The zero-order valence-corrected chi connectivity index (χ0v) is 9.00. The van der Waals surface area contributed by atoms with Crippen LogP contribution in [-0.2, 0) is 23.7 Å². The van der Waals surface area contributed by atoms with Crippen molar-refractivity contribution in [3.05, 3.63) is 0 Å². The normalized spacial score (nSPS) is 36.3. The molecule has 0 aromatic rings. The van der Waals surface area contributed by atoms with Crippen LogP contribution in [0.25, 0.3) is 0 Å². The molecule has 88 valence electrons. The number of hydrogen-bond donors (Lipinski definition) is 1. The summed E-state index contributed by atoms with van der Waals surface area (Å²) in [5.41, 5.74) is 0. The topological polar surface area (TPSA) is 74.2 Å². The van der Waals surface area contributed by atoms with Crippen molar-refractivity contribution in [2.45, 2.75) is 31.5 Å². The Balaban J connectivity index is 2.68. The minimum absolute atomic E-state index is 0.0963. The summed E-state index contributed by atoms with van der Waals surface area (Å²) in [5, 5.41) is 9.45. The molecule has 0 aromatic carbocycles. The third-order valence-electron chi connectivity index (χ3n) is 2.26. The lowest BCUT2D eigenvalue weighted by Crippen LogP contribution is -2.55. The first-order valence-electron chi connectivity index (χ1n) is 4.62. The maximum Gasteiger partial charge on any atom is 0.303 e. The smallest absolute Gasteiger partial charge is 0.303 e. The number of carbonyl (C=O) groups excluding carboxylic acids is 1. The van der Waals surface area contributed by atoms with E-state index in [-0.39, 0.29) is 6.61 Å². The van der Waals surface area contributed by atoms with Crippen LogP contribution in [0, 0.1) is 0 Å². The second kappa shape index (κ2) is 5.41. The summed E-state index contributed by atoms with van der Waals surface area (Å²) in [6.45, 7) is 1.40. The molecule has 0 radical (unpaired) electrons. The highest BCUT2D eigenvalue weighted by Crippen LogP contribution is 2.21. The van der Waals surface area contributed by atoms with E-state index in [1.165, 1.54) is 21.1 Å². The Morgan fingerprint density at radius 1 is 1.33 bits per heavy atom. The van der Waals surface area contributed by atoms with Crippen molar-refractivity contribution in [3.63, 3.8) is 0 Å². The molecule has 1 heterocycles. The number of carbonyl (C=O) groups is 1. The second-order valence-electron chi connectivity index (χ2n) is 3.27. The van der Waals surface area contributed by atoms with Gasteiger partial charge < -0.3 is 24.1 Å². The van der Waals surface area contributed by atoms with Gasteiger partial charge in [-0.25, -0.2) is 0 Å². The van der Waals surface area contributed by atoms with Crippen LogP contribution in [0.4, 0.5) is 0 Å². The SMILES string of the molecule is CO[C@H]1[C@H](OC(C)=O)COC(O)[C@@H]1OC. The number of aliphatic hydroxyl groups excluding tert-OH is 1. The predicted molar refractivity (Wildman–Crippen MR) is 49.1 cm³/mol. The summed E-state index contributed by atoms with van der Waals surface area (Å²) < 4.78 is 20.2. The minimum atomic E-state index is -1.06. The fraction of sp³-hybridized carbons (Fsp3) is 0.889. The first kappa shape index (κ1) is 12.4. The van der Waals surface area contributed by atoms with Crippen molar-refractivity contribution < 1.29 is 28.8 Å². The van der Waals surface area contributed by atoms with Gasteiger partial charge in [0.15, 0.2) is 12.4 Å². The Morgan fingerprint density at radius 2 is 1.93 bits per heavy atom. The van der Waals surface area contributed by atoms with Crippen molar-refractivity contribution in [2.24, 2.45) is 0 Å². The molecule has 1 fully saturated rings. The molecule has 0 saturated carbocycles. The van der Waals surface area contributed by atoms with Crippen LogP contribution in [0.2, 0.25) is 0 Å². The van der Waals surface area contributed by atoms with Crippen molar-refractivity contribution in [3.8, 4) is 0 Å². The number of esters is 1. The number of ether oxygens (including phenoxy) is 4. The molecule has 4 atom stereocenters. The Morgan fingerprint density at radius 3 is 2.40 bits per heavy atom. The average Bonchev–Trinajstić information content (AvgIpc) is 2.19. The number of hydrogen-bond acceptors (Lipinski definition) is 6. The Labute approximate surface area is 88.1 Å². The number of rotatable bonds is 3. The lowest BCUT2D eigenvalue weighted by Gasteiger charge is -2.38. The molecular formula is C9H16O6. The van der Waals surface area contributed by atoms with Gasteiger partial charge in [0.1, 0.15) is 12.2 Å². The van der Waals surface area contributed by atoms with Crippen molar-refractivity contribution in [2.75, 3.05) is 20.8 Å². The van der Waals surface area contributed by atoms with Crippen LogP contribution in [0.1, 0.15) is 6.92 Å². The molecule has 0 aromatic heterocycles. The van der Waals surface area contributed by atoms with Gasteiger partial charge in [0, 0.05) is 21.1 Å². The molecule has 0 amide bonds. The van der Waals surface area contributed by atoms with E-state index in [9.17, 15) is 9.90 Å². The summed E-state index contributed by atoms with van der Waals surface area (Å²) in [7, 11) is 2.89. The van der Waals surface area contributed by atoms with E-state index in [2.05, 4.69) is 0 Å². The first-order valence-corrected chi connectivity index (χ1v) is 4.62. The molecule has 15 heavy (non-hydrogen) atoms. The van der Waals surface area contributed by atoms with Gasteiger partial charge in [-0.2, -0.15) is 0 Å². The van der Waals surface area contributed by atoms with Gasteiger partial charge in [0.2, 0.25) is 0 Å². The molecule has 0 bridgehead atoms. The van der Waals surface area contributed by atoms with Gasteiger partial charge >= 0.3 is 5.97 Å². The third-order valence-corrected chi connectivity index (χ3v) is 2.26. The van der Waals surface area contributed by atoms with E-state index in [1.807, 2.05) is 0 Å². The Hall–Kier alpha value is -0.690. The number of aliphatic hydroxyl groups is 1. The van der Waals surface area contributed by atoms with Crippen LogP contribution in [-0.4, -0.2) is 56.5 Å². The molecule has 0 spiro atoms. The maximum atomic E-state index is 10.8. The van der Waals surface area contributed by atoms with Crippen LogP contribution < -0.4 is 0 Å². The van der Waals surface area contributed by atoms with Crippen LogP contribution >= 0.6 is 0 Å². The van der Waals surface area contributed by atoms with E-state index in [0.717, 1.165) is 0 Å². The lowest BCUT2D eigenvalue weighted by molar-refractivity contribution is -0.267. The van der Waals surface area contributed by atoms with Gasteiger partial charge in [-0.05, 0) is 0 Å². The van der Waals surface area contributed by atoms with E-state index >= 15 is 0 Å². The van der Waals surface area contributed by atoms with E-state index in [4.69, 9.17) is 18.9 Å². The molecule has 1 unspecified atom stereocenters. The molecular weight excluding hydrogens is 204 g/mol. The van der Waals surface area contributed by atoms with Crippen molar-refractivity contribution in [1.82, 2.24) is 0 Å². The largest absolute Gasteiger partial charge is 0.457 e. The second-order valence-corrected chi connectivity index (χ2v) is 3.27. The quantitative estimate of drug-likeness (QED) is 0.634. The van der Waals surface area contributed by atoms with Gasteiger partial charge in [0.25, 0.3) is 0 Å². The third kappa shape index (κ3) is 2.88. The van der Waals surface area contributed by atoms with E-state index in [1.54, 1.807) is 0 Å². The summed E-state index contributed by atoms with van der Waals surface area (Å²) in [4.78, 5) is 10.8. The zero-order chi connectivity index (χ0) is 11.4. The zero-order valence-electron chi connectivity index (χ0n) is 9.00. The Kier molecular flexibility index (Phi) is 4.46. The van der Waals surface area contributed by atoms with E-state index < -0.39 is 30.6 Å². The number of methoxy groups -OCH3 is 2. The fourth-order valence-electron chi connectivity index (χ4n) is 1.61. The standard InChI is InChI=1S/C9H16O6/c1-5(10)15-6-4-14-9(11)8(13-3)7(6)12-2/h6-9,11H,4H2,1-3H3/t6-,7+,8-,9?/m1/s1. The minimum Gasteiger partial charge on any atom is -0.457 e. The van der Waals surface area contributed by atoms with Crippen LogP contribution in [0.15, 0.2) is 0 Å². The molecule has 1 aliphatic heterocycles. The average molecular weight is 220 g/mol. The van der Waals surface area contributed by atoms with Gasteiger partial charge in [-0.15, -0.1) is 0 Å².